The van der Waals surface area contributed by atoms with Gasteiger partial charge in [-0.05, 0) is 31.1 Å². The highest BCUT2D eigenvalue weighted by Gasteiger charge is 2.19. The van der Waals surface area contributed by atoms with Crippen LogP contribution in [0.3, 0.4) is 0 Å². The molecule has 0 aliphatic carbocycles. The lowest BCUT2D eigenvalue weighted by Gasteiger charge is -2.18. The maximum absolute atomic E-state index is 12.8. The molecule has 6 heteroatoms. The van der Waals surface area contributed by atoms with Crippen molar-refractivity contribution in [3.05, 3.63) is 0 Å². The second kappa shape index (κ2) is 46.9. The lowest BCUT2D eigenvalue weighted by Crippen LogP contribution is -2.30. The van der Waals surface area contributed by atoms with E-state index in [2.05, 4.69) is 34.6 Å². The second-order valence-electron chi connectivity index (χ2n) is 19.5. The van der Waals surface area contributed by atoms with Crippen molar-refractivity contribution in [1.29, 1.82) is 0 Å². The van der Waals surface area contributed by atoms with Gasteiger partial charge in [-0.3, -0.25) is 14.4 Å². The Kier molecular flexibility index (Phi) is 45.7. The molecule has 6 nitrogen and oxygen atoms in total. The van der Waals surface area contributed by atoms with Gasteiger partial charge in [0.25, 0.3) is 0 Å². The SMILES string of the molecule is CCCCCCCCCCCCCCCCCCC(=O)OC[C@@H](COC(=O)CCCCCCCCC(C)C)OC(=O)CCCCCCCCCCCCCCCCC(C)C. The summed E-state index contributed by atoms with van der Waals surface area (Å²) in [6.07, 6.45) is 48.2. The summed E-state index contributed by atoms with van der Waals surface area (Å²) in [5, 5.41) is 0. The van der Waals surface area contributed by atoms with Crippen LogP contribution in [0, 0.1) is 11.8 Å². The number of ether oxygens (including phenoxy) is 3. The van der Waals surface area contributed by atoms with Crippen molar-refractivity contribution in [2.75, 3.05) is 13.2 Å². The highest BCUT2D eigenvalue weighted by atomic mass is 16.6. The number of hydrogen-bond acceptors (Lipinski definition) is 6. The Balaban J connectivity index is 4.25. The fourth-order valence-electron chi connectivity index (χ4n) is 8.17. The summed E-state index contributed by atoms with van der Waals surface area (Å²) in [5.74, 6) is 0.756. The lowest BCUT2D eigenvalue weighted by atomic mass is 10.0. The number of unbranched alkanes of at least 4 members (excludes halogenated alkanes) is 33. The fourth-order valence-corrected chi connectivity index (χ4v) is 8.17. The third-order valence-electron chi connectivity index (χ3n) is 12.2. The standard InChI is InChI=1S/C54H104O6/c1-6-7-8-9-10-11-12-13-14-15-19-22-25-28-34-39-44-52(55)58-47-51(48-59-53(56)45-40-35-31-30-33-38-43-50(4)5)60-54(57)46-41-36-29-26-23-20-17-16-18-21-24-27-32-37-42-49(2)3/h49-51H,6-48H2,1-5H3/t51-/m0/s1. The van der Waals surface area contributed by atoms with Gasteiger partial charge in [0.1, 0.15) is 13.2 Å². The average Bonchev–Trinajstić information content (AvgIpc) is 3.22. The van der Waals surface area contributed by atoms with Crippen LogP contribution in [0.2, 0.25) is 0 Å². The molecule has 0 heterocycles. The summed E-state index contributed by atoms with van der Waals surface area (Å²) >= 11 is 0. The van der Waals surface area contributed by atoms with Crippen LogP contribution in [0.15, 0.2) is 0 Å². The molecule has 356 valence electrons. The van der Waals surface area contributed by atoms with Crippen LogP contribution >= 0.6 is 0 Å². The Morgan fingerprint density at radius 2 is 0.550 bits per heavy atom. The molecule has 0 N–H and O–H groups in total. The molecule has 0 radical (unpaired) electrons. The van der Waals surface area contributed by atoms with Gasteiger partial charge >= 0.3 is 17.9 Å². The van der Waals surface area contributed by atoms with Crippen LogP contribution < -0.4 is 0 Å². The van der Waals surface area contributed by atoms with Gasteiger partial charge < -0.3 is 14.2 Å². The molecule has 1 atom stereocenters. The minimum atomic E-state index is -0.762. The van der Waals surface area contributed by atoms with Crippen LogP contribution in [0.4, 0.5) is 0 Å². The maximum atomic E-state index is 12.8. The van der Waals surface area contributed by atoms with E-state index in [4.69, 9.17) is 14.2 Å². The fraction of sp³-hybridized carbons (Fsp3) is 0.944. The highest BCUT2D eigenvalue weighted by Crippen LogP contribution is 2.18. The Morgan fingerprint density at radius 1 is 0.317 bits per heavy atom. The molecule has 0 rings (SSSR count). The largest absolute Gasteiger partial charge is 0.462 e. The zero-order chi connectivity index (χ0) is 44.0. The first-order chi connectivity index (χ1) is 29.2. The van der Waals surface area contributed by atoms with Gasteiger partial charge in [-0.15, -0.1) is 0 Å². The van der Waals surface area contributed by atoms with E-state index < -0.39 is 6.10 Å². The summed E-state index contributed by atoms with van der Waals surface area (Å²) in [7, 11) is 0. The lowest BCUT2D eigenvalue weighted by molar-refractivity contribution is -0.167. The minimum absolute atomic E-state index is 0.0641. The van der Waals surface area contributed by atoms with Gasteiger partial charge in [-0.2, -0.15) is 0 Å². The van der Waals surface area contributed by atoms with E-state index >= 15 is 0 Å². The predicted octanol–water partition coefficient (Wildman–Crippen LogP) is 17.3. The summed E-state index contributed by atoms with van der Waals surface area (Å²) in [5.41, 5.74) is 0. The quantitative estimate of drug-likeness (QED) is 0.0345. The maximum Gasteiger partial charge on any atom is 0.306 e. The zero-order valence-corrected chi connectivity index (χ0v) is 41.1. The molecule has 0 aromatic heterocycles. The van der Waals surface area contributed by atoms with E-state index in [1.165, 1.54) is 186 Å². The topological polar surface area (TPSA) is 78.9 Å². The number of rotatable bonds is 48. The van der Waals surface area contributed by atoms with Crippen LogP contribution in [-0.4, -0.2) is 37.2 Å². The van der Waals surface area contributed by atoms with Crippen LogP contribution in [0.25, 0.3) is 0 Å². The van der Waals surface area contributed by atoms with Crippen molar-refractivity contribution in [3.63, 3.8) is 0 Å². The summed E-state index contributed by atoms with van der Waals surface area (Å²) in [4.78, 5) is 37.9. The van der Waals surface area contributed by atoms with E-state index in [-0.39, 0.29) is 31.1 Å². The Hall–Kier alpha value is -1.59. The molecular formula is C54H104O6. The van der Waals surface area contributed by atoms with E-state index in [1.807, 2.05) is 0 Å². The smallest absolute Gasteiger partial charge is 0.306 e. The van der Waals surface area contributed by atoms with Gasteiger partial charge in [-0.1, -0.05) is 259 Å². The normalized spacial score (nSPS) is 12.1. The van der Waals surface area contributed by atoms with Crippen molar-refractivity contribution in [2.24, 2.45) is 11.8 Å². The molecule has 60 heavy (non-hydrogen) atoms. The van der Waals surface area contributed by atoms with Gasteiger partial charge in [0.05, 0.1) is 0 Å². The summed E-state index contributed by atoms with van der Waals surface area (Å²) in [6, 6.07) is 0. The van der Waals surface area contributed by atoms with E-state index in [9.17, 15) is 14.4 Å². The molecular weight excluding hydrogens is 745 g/mol. The molecule has 0 aromatic carbocycles. The molecule has 0 spiro atoms. The minimum Gasteiger partial charge on any atom is -0.462 e. The second-order valence-corrected chi connectivity index (χ2v) is 19.5. The van der Waals surface area contributed by atoms with Crippen LogP contribution in [0.1, 0.15) is 298 Å². The van der Waals surface area contributed by atoms with Crippen molar-refractivity contribution >= 4 is 17.9 Å². The molecule has 0 fully saturated rings. The van der Waals surface area contributed by atoms with E-state index in [1.54, 1.807) is 0 Å². The van der Waals surface area contributed by atoms with Gasteiger partial charge in [0, 0.05) is 19.3 Å². The molecule has 0 amide bonds. The third kappa shape index (κ3) is 47.5. The van der Waals surface area contributed by atoms with E-state index in [0.29, 0.717) is 19.3 Å². The Labute approximate surface area is 374 Å². The molecule has 0 aliphatic rings. The number of esters is 3. The number of carbonyl (C=O) groups excluding carboxylic acids is 3. The monoisotopic (exact) mass is 849 g/mol. The number of hydrogen-bond donors (Lipinski definition) is 0. The molecule has 0 bridgehead atoms. The van der Waals surface area contributed by atoms with Crippen LogP contribution in [-0.2, 0) is 28.6 Å². The van der Waals surface area contributed by atoms with Crippen molar-refractivity contribution in [2.45, 2.75) is 304 Å². The van der Waals surface area contributed by atoms with Gasteiger partial charge in [0.15, 0.2) is 6.10 Å². The third-order valence-corrected chi connectivity index (χ3v) is 12.2. The Morgan fingerprint density at radius 3 is 0.817 bits per heavy atom. The van der Waals surface area contributed by atoms with Crippen molar-refractivity contribution in [1.82, 2.24) is 0 Å². The van der Waals surface area contributed by atoms with Crippen LogP contribution in [0.5, 0.6) is 0 Å². The van der Waals surface area contributed by atoms with Gasteiger partial charge in [-0.25, -0.2) is 0 Å². The summed E-state index contributed by atoms with van der Waals surface area (Å²) < 4.78 is 16.8. The predicted molar refractivity (Wildman–Crippen MR) is 256 cm³/mol. The number of carbonyl (C=O) groups is 3. The first-order valence-corrected chi connectivity index (χ1v) is 26.7. The molecule has 0 aliphatic heterocycles. The average molecular weight is 849 g/mol. The zero-order valence-electron chi connectivity index (χ0n) is 41.1. The molecule has 0 unspecified atom stereocenters. The highest BCUT2D eigenvalue weighted by molar-refractivity contribution is 5.71. The first kappa shape index (κ1) is 58.4. The van der Waals surface area contributed by atoms with Gasteiger partial charge in [0.2, 0.25) is 0 Å². The van der Waals surface area contributed by atoms with Crippen molar-refractivity contribution < 1.29 is 28.6 Å². The summed E-state index contributed by atoms with van der Waals surface area (Å²) in [6.45, 7) is 11.3. The molecule has 0 saturated carbocycles. The van der Waals surface area contributed by atoms with Crippen molar-refractivity contribution in [3.8, 4) is 0 Å². The first-order valence-electron chi connectivity index (χ1n) is 26.7. The van der Waals surface area contributed by atoms with E-state index in [0.717, 1.165) is 69.6 Å². The Bertz CT molecular complexity index is 916. The molecule has 0 aromatic rings. The molecule has 0 saturated heterocycles.